The second kappa shape index (κ2) is 13.2. The molecule has 2 nitrogen and oxygen atoms in total. The van der Waals surface area contributed by atoms with E-state index in [9.17, 15) is 0 Å². The van der Waals surface area contributed by atoms with E-state index >= 15 is 0 Å². The highest BCUT2D eigenvalue weighted by atomic mass is 16.3. The van der Waals surface area contributed by atoms with Crippen LogP contribution in [0.15, 0.2) is 217 Å². The summed E-state index contributed by atoms with van der Waals surface area (Å²) in [6, 6.07) is 76.6. The third kappa shape index (κ3) is 5.42. The van der Waals surface area contributed by atoms with E-state index in [2.05, 4.69) is 211 Å². The molecule has 0 atom stereocenters. The summed E-state index contributed by atoms with van der Waals surface area (Å²) >= 11 is 0. The molecule has 2 heteroatoms. The summed E-state index contributed by atoms with van der Waals surface area (Å²) in [7, 11) is 0. The minimum absolute atomic E-state index is 0.867. The Kier molecular flexibility index (Phi) is 7.53. The Morgan fingerprint density at radius 3 is 1.66 bits per heavy atom. The molecule has 0 bridgehead atoms. The molecule has 0 fully saturated rings. The van der Waals surface area contributed by atoms with Gasteiger partial charge < -0.3 is 9.32 Å². The number of hydrogen-bond donors (Lipinski definition) is 0. The maximum atomic E-state index is 6.43. The lowest BCUT2D eigenvalue weighted by Gasteiger charge is -2.29. The zero-order valence-electron chi connectivity index (χ0n) is 30.6. The average molecular weight is 714 g/mol. The quantitative estimate of drug-likeness (QED) is 0.160. The van der Waals surface area contributed by atoms with Crippen molar-refractivity contribution in [1.82, 2.24) is 0 Å². The molecule has 262 valence electrons. The molecule has 1 heterocycles. The molecule has 0 saturated carbocycles. The van der Waals surface area contributed by atoms with E-state index in [1.807, 2.05) is 6.07 Å². The van der Waals surface area contributed by atoms with Gasteiger partial charge in [-0.05, 0) is 109 Å². The van der Waals surface area contributed by atoms with Crippen molar-refractivity contribution in [3.63, 3.8) is 0 Å². The van der Waals surface area contributed by atoms with Crippen molar-refractivity contribution in [2.45, 2.75) is 0 Å². The minimum atomic E-state index is 0.867. The Morgan fingerprint density at radius 1 is 0.304 bits per heavy atom. The van der Waals surface area contributed by atoms with Crippen molar-refractivity contribution in [3.8, 4) is 33.4 Å². The molecule has 0 amide bonds. The highest BCUT2D eigenvalue weighted by molar-refractivity contribution is 6.14. The van der Waals surface area contributed by atoms with Gasteiger partial charge >= 0.3 is 0 Å². The molecule has 0 spiro atoms. The standard InChI is InChI=1S/C54H35NO/c1-2-12-42-34-43(28-24-36(42)10-1)39-22-20-37(21-23-39)38-30-32-45(33-31-38)55(51-17-9-19-53-54(51)48-15-6-8-18-52(48)56-53)50-16-7-5-14-47(50)44-29-27-41-26-25-40-11-3-4-13-46(40)49(41)35-44/h1-35H. The van der Waals surface area contributed by atoms with Gasteiger partial charge in [0.05, 0.1) is 16.8 Å². The van der Waals surface area contributed by atoms with Crippen LogP contribution in [0, 0.1) is 0 Å². The maximum Gasteiger partial charge on any atom is 0.137 e. The molecule has 11 rings (SSSR count). The van der Waals surface area contributed by atoms with Crippen LogP contribution in [0.2, 0.25) is 0 Å². The summed E-state index contributed by atoms with van der Waals surface area (Å²) in [4.78, 5) is 2.40. The Morgan fingerprint density at radius 2 is 0.839 bits per heavy atom. The summed E-state index contributed by atoms with van der Waals surface area (Å²) < 4.78 is 6.43. The van der Waals surface area contributed by atoms with Crippen LogP contribution in [0.1, 0.15) is 0 Å². The van der Waals surface area contributed by atoms with Gasteiger partial charge in [-0.1, -0.05) is 164 Å². The lowest BCUT2D eigenvalue weighted by molar-refractivity contribution is 0.669. The molecule has 0 aliphatic heterocycles. The lowest BCUT2D eigenvalue weighted by Crippen LogP contribution is -2.11. The lowest BCUT2D eigenvalue weighted by atomic mass is 9.95. The molecule has 0 N–H and O–H groups in total. The minimum Gasteiger partial charge on any atom is -0.456 e. The summed E-state index contributed by atoms with van der Waals surface area (Å²) in [6.45, 7) is 0. The van der Waals surface area contributed by atoms with E-state index < -0.39 is 0 Å². The fraction of sp³-hybridized carbons (Fsp3) is 0. The van der Waals surface area contributed by atoms with E-state index in [-0.39, 0.29) is 0 Å². The number of benzene rings is 10. The van der Waals surface area contributed by atoms with Gasteiger partial charge in [0.2, 0.25) is 0 Å². The van der Waals surface area contributed by atoms with Crippen LogP contribution in [0.3, 0.4) is 0 Å². The average Bonchev–Trinajstić information content (AvgIpc) is 3.66. The topological polar surface area (TPSA) is 16.4 Å². The highest BCUT2D eigenvalue weighted by Gasteiger charge is 2.22. The second-order valence-electron chi connectivity index (χ2n) is 14.5. The van der Waals surface area contributed by atoms with Gasteiger partial charge in [-0.15, -0.1) is 0 Å². The summed E-state index contributed by atoms with van der Waals surface area (Å²) in [5.41, 5.74) is 12.1. The predicted molar refractivity (Wildman–Crippen MR) is 237 cm³/mol. The van der Waals surface area contributed by atoms with Crippen molar-refractivity contribution in [2.75, 3.05) is 4.90 Å². The fourth-order valence-electron chi connectivity index (χ4n) is 8.46. The number of furan rings is 1. The van der Waals surface area contributed by atoms with E-state index in [4.69, 9.17) is 4.42 Å². The molecule has 0 aliphatic carbocycles. The Balaban J connectivity index is 1.04. The maximum absolute atomic E-state index is 6.43. The van der Waals surface area contributed by atoms with E-state index in [1.165, 1.54) is 60.1 Å². The van der Waals surface area contributed by atoms with Crippen LogP contribution < -0.4 is 4.90 Å². The van der Waals surface area contributed by atoms with Gasteiger partial charge in [0.1, 0.15) is 11.2 Å². The third-order valence-corrected chi connectivity index (χ3v) is 11.3. The molecule has 0 unspecified atom stereocenters. The Hall–Kier alpha value is -7.42. The van der Waals surface area contributed by atoms with Crippen LogP contribution in [-0.4, -0.2) is 0 Å². The summed E-state index contributed by atoms with van der Waals surface area (Å²) in [5, 5.41) is 9.69. The molecule has 0 aliphatic rings. The van der Waals surface area contributed by atoms with Crippen molar-refractivity contribution in [1.29, 1.82) is 0 Å². The zero-order chi connectivity index (χ0) is 37.0. The SMILES string of the molecule is c1ccc(N(c2ccc(-c3ccc(-c4ccc5ccccc5c4)cc3)cc2)c2cccc3oc4ccccc4c23)c(-c2ccc3ccc4ccccc4c3c2)c1. The molecule has 10 aromatic carbocycles. The first-order chi connectivity index (χ1) is 27.7. The second-order valence-corrected chi connectivity index (χ2v) is 14.5. The monoisotopic (exact) mass is 713 g/mol. The first-order valence-corrected chi connectivity index (χ1v) is 19.2. The predicted octanol–water partition coefficient (Wildman–Crippen LogP) is 15.5. The van der Waals surface area contributed by atoms with Gasteiger partial charge in [-0.3, -0.25) is 0 Å². The zero-order valence-corrected chi connectivity index (χ0v) is 30.6. The van der Waals surface area contributed by atoms with Gasteiger partial charge in [-0.2, -0.15) is 0 Å². The molecule has 11 aromatic rings. The number of anilines is 3. The number of nitrogens with zero attached hydrogens (tertiary/aromatic N) is 1. The fourth-order valence-corrected chi connectivity index (χ4v) is 8.46. The summed E-state index contributed by atoms with van der Waals surface area (Å²) in [6.07, 6.45) is 0. The van der Waals surface area contributed by atoms with Gasteiger partial charge in [0.25, 0.3) is 0 Å². The third-order valence-electron chi connectivity index (χ3n) is 11.3. The van der Waals surface area contributed by atoms with Gasteiger partial charge in [-0.25, -0.2) is 0 Å². The van der Waals surface area contributed by atoms with Crippen LogP contribution >= 0.6 is 0 Å². The van der Waals surface area contributed by atoms with Crippen molar-refractivity contribution < 1.29 is 4.42 Å². The van der Waals surface area contributed by atoms with E-state index in [0.29, 0.717) is 0 Å². The Labute approximate surface area is 325 Å². The first-order valence-electron chi connectivity index (χ1n) is 19.2. The number of para-hydroxylation sites is 2. The van der Waals surface area contributed by atoms with Crippen LogP contribution in [0.4, 0.5) is 17.1 Å². The molecule has 1 aromatic heterocycles. The van der Waals surface area contributed by atoms with Crippen LogP contribution in [0.5, 0.6) is 0 Å². The van der Waals surface area contributed by atoms with Crippen LogP contribution in [0.25, 0.3) is 87.6 Å². The highest BCUT2D eigenvalue weighted by Crippen LogP contribution is 2.46. The van der Waals surface area contributed by atoms with E-state index in [0.717, 1.165) is 44.6 Å². The smallest absolute Gasteiger partial charge is 0.137 e. The Bertz CT molecular complexity index is 3250. The number of hydrogen-bond acceptors (Lipinski definition) is 2. The van der Waals surface area contributed by atoms with Crippen LogP contribution in [-0.2, 0) is 0 Å². The van der Waals surface area contributed by atoms with Crippen molar-refractivity contribution in [3.05, 3.63) is 212 Å². The summed E-state index contributed by atoms with van der Waals surface area (Å²) in [5.74, 6) is 0. The van der Waals surface area contributed by atoms with E-state index in [1.54, 1.807) is 0 Å². The molecular formula is C54H35NO. The number of rotatable bonds is 6. The first kappa shape index (κ1) is 32.0. The molecule has 0 saturated heterocycles. The van der Waals surface area contributed by atoms with Crippen molar-refractivity contribution >= 4 is 71.3 Å². The van der Waals surface area contributed by atoms with Gasteiger partial charge in [0, 0.05) is 16.6 Å². The largest absolute Gasteiger partial charge is 0.456 e. The number of fused-ring (bicyclic) bond motifs is 7. The van der Waals surface area contributed by atoms with Crippen molar-refractivity contribution in [2.24, 2.45) is 0 Å². The molecule has 0 radical (unpaired) electrons. The molecular weight excluding hydrogens is 679 g/mol. The molecule has 56 heavy (non-hydrogen) atoms. The normalized spacial score (nSPS) is 11.6. The van der Waals surface area contributed by atoms with Gasteiger partial charge in [0.15, 0.2) is 0 Å².